The van der Waals surface area contributed by atoms with E-state index in [-0.39, 0.29) is 23.6 Å². The predicted octanol–water partition coefficient (Wildman–Crippen LogP) is 2.39. The molecule has 1 amide bonds. The number of ether oxygens (including phenoxy) is 1. The average molecular weight is 326 g/mol. The molecule has 0 radical (unpaired) electrons. The fourth-order valence-corrected chi connectivity index (χ4v) is 3.12. The zero-order valence-corrected chi connectivity index (χ0v) is 14.0. The van der Waals surface area contributed by atoms with Crippen LogP contribution < -0.4 is 5.32 Å². The minimum Gasteiger partial charge on any atom is -0.507 e. The van der Waals surface area contributed by atoms with Crippen LogP contribution in [-0.4, -0.2) is 35.3 Å². The van der Waals surface area contributed by atoms with E-state index in [2.05, 4.69) is 10.3 Å². The number of hydrogen-bond acceptors (Lipinski definition) is 4. The number of carbonyl (C=O) groups excluding carboxylic acids is 1. The van der Waals surface area contributed by atoms with Crippen LogP contribution in [-0.2, 0) is 11.2 Å². The van der Waals surface area contributed by atoms with E-state index in [9.17, 15) is 9.90 Å². The van der Waals surface area contributed by atoms with Crippen LogP contribution in [0, 0.1) is 19.8 Å². The summed E-state index contributed by atoms with van der Waals surface area (Å²) < 4.78 is 5.57. The molecule has 0 saturated carbocycles. The number of hydrogen-bond donors (Lipinski definition) is 2. The highest BCUT2D eigenvalue weighted by molar-refractivity contribution is 5.95. The Kier molecular flexibility index (Phi) is 4.81. The second-order valence-corrected chi connectivity index (χ2v) is 6.40. The van der Waals surface area contributed by atoms with E-state index in [1.54, 1.807) is 38.4 Å². The van der Waals surface area contributed by atoms with Crippen LogP contribution in [0.4, 0.5) is 0 Å². The van der Waals surface area contributed by atoms with Crippen molar-refractivity contribution in [2.24, 2.45) is 5.92 Å². The molecule has 1 aliphatic heterocycles. The molecule has 0 bridgehead atoms. The topological polar surface area (TPSA) is 71.5 Å². The Morgan fingerprint density at radius 2 is 1.92 bits per heavy atom. The molecule has 0 aliphatic carbocycles. The first kappa shape index (κ1) is 16.5. The Balaban J connectivity index is 1.69. The normalized spacial score (nSPS) is 20.1. The minimum atomic E-state index is -0.128. The highest BCUT2D eigenvalue weighted by Gasteiger charge is 2.30. The van der Waals surface area contributed by atoms with E-state index < -0.39 is 0 Å². The lowest BCUT2D eigenvalue weighted by atomic mass is 9.95. The van der Waals surface area contributed by atoms with Crippen LogP contribution in [0.1, 0.15) is 27.0 Å². The molecule has 2 atom stereocenters. The van der Waals surface area contributed by atoms with Crippen molar-refractivity contribution in [2.45, 2.75) is 26.3 Å². The summed E-state index contributed by atoms with van der Waals surface area (Å²) in [4.78, 5) is 16.6. The first-order chi connectivity index (χ1) is 11.5. The lowest BCUT2D eigenvalue weighted by Gasteiger charge is -2.19. The number of aromatic nitrogens is 1. The number of benzene rings is 1. The Morgan fingerprint density at radius 3 is 2.58 bits per heavy atom. The van der Waals surface area contributed by atoms with Crippen molar-refractivity contribution in [1.29, 1.82) is 0 Å². The maximum Gasteiger partial charge on any atom is 0.251 e. The molecular weight excluding hydrogens is 304 g/mol. The number of pyridine rings is 1. The van der Waals surface area contributed by atoms with Gasteiger partial charge in [0.05, 0.1) is 19.3 Å². The van der Waals surface area contributed by atoms with Gasteiger partial charge in [0.15, 0.2) is 0 Å². The third-order valence-corrected chi connectivity index (χ3v) is 4.52. The van der Waals surface area contributed by atoms with Crippen molar-refractivity contribution in [3.05, 3.63) is 58.9 Å². The number of nitrogens with zero attached hydrogens (tertiary/aromatic N) is 1. The number of aromatic hydroxyl groups is 1. The number of nitrogens with one attached hydrogen (secondary N) is 1. The molecule has 126 valence electrons. The van der Waals surface area contributed by atoms with Crippen LogP contribution in [0.3, 0.4) is 0 Å². The molecule has 5 heteroatoms. The lowest BCUT2D eigenvalue weighted by Crippen LogP contribution is -2.40. The summed E-state index contributed by atoms with van der Waals surface area (Å²) in [5, 5.41) is 12.9. The third-order valence-electron chi connectivity index (χ3n) is 4.52. The predicted molar refractivity (Wildman–Crippen MR) is 91.1 cm³/mol. The van der Waals surface area contributed by atoms with Crippen molar-refractivity contribution in [3.8, 4) is 5.75 Å². The van der Waals surface area contributed by atoms with Crippen molar-refractivity contribution < 1.29 is 14.6 Å². The maximum absolute atomic E-state index is 12.6. The molecule has 1 aliphatic rings. The van der Waals surface area contributed by atoms with Gasteiger partial charge >= 0.3 is 0 Å². The number of carbonyl (C=O) groups is 1. The SMILES string of the molecule is Cc1cc(C(=O)N[C@H]2COC[C@H]2Cc2ccncc2)cc(C)c1O. The smallest absolute Gasteiger partial charge is 0.251 e. The lowest BCUT2D eigenvalue weighted by molar-refractivity contribution is 0.0925. The van der Waals surface area contributed by atoms with Gasteiger partial charge in [-0.2, -0.15) is 0 Å². The van der Waals surface area contributed by atoms with Gasteiger partial charge in [0.25, 0.3) is 5.91 Å². The zero-order chi connectivity index (χ0) is 17.1. The molecule has 0 spiro atoms. The van der Waals surface area contributed by atoms with Crippen LogP contribution in [0.5, 0.6) is 5.75 Å². The number of phenols is 1. The summed E-state index contributed by atoms with van der Waals surface area (Å²) in [6, 6.07) is 7.39. The van der Waals surface area contributed by atoms with Gasteiger partial charge in [-0.1, -0.05) is 0 Å². The van der Waals surface area contributed by atoms with E-state index in [1.807, 2.05) is 12.1 Å². The van der Waals surface area contributed by atoms with Gasteiger partial charge in [-0.25, -0.2) is 0 Å². The maximum atomic E-state index is 12.6. The van der Waals surface area contributed by atoms with Gasteiger partial charge in [-0.3, -0.25) is 9.78 Å². The van der Waals surface area contributed by atoms with Crippen LogP contribution in [0.15, 0.2) is 36.7 Å². The molecule has 2 heterocycles. The Bertz CT molecular complexity index is 708. The Labute approximate surface area is 141 Å². The fourth-order valence-electron chi connectivity index (χ4n) is 3.12. The van der Waals surface area contributed by atoms with Crippen LogP contribution >= 0.6 is 0 Å². The Hall–Kier alpha value is -2.40. The highest BCUT2D eigenvalue weighted by atomic mass is 16.5. The van der Waals surface area contributed by atoms with Gasteiger partial charge in [0, 0.05) is 23.9 Å². The van der Waals surface area contributed by atoms with Crippen molar-refractivity contribution in [2.75, 3.05) is 13.2 Å². The van der Waals surface area contributed by atoms with Gasteiger partial charge < -0.3 is 15.2 Å². The van der Waals surface area contributed by atoms with E-state index in [1.165, 1.54) is 5.56 Å². The van der Waals surface area contributed by atoms with E-state index in [0.29, 0.717) is 29.9 Å². The molecule has 1 fully saturated rings. The molecule has 24 heavy (non-hydrogen) atoms. The van der Waals surface area contributed by atoms with E-state index in [4.69, 9.17) is 4.74 Å². The van der Waals surface area contributed by atoms with Crippen molar-refractivity contribution >= 4 is 5.91 Å². The van der Waals surface area contributed by atoms with E-state index in [0.717, 1.165) is 6.42 Å². The molecule has 1 aromatic carbocycles. The standard InChI is InChI=1S/C19H22N2O3/c1-12-7-15(8-13(2)18(12)22)19(23)21-17-11-24-10-16(17)9-14-3-5-20-6-4-14/h3-8,16-17,22H,9-11H2,1-2H3,(H,21,23)/t16-,17+/m1/s1. The molecule has 5 nitrogen and oxygen atoms in total. The molecule has 1 aromatic heterocycles. The molecule has 3 rings (SSSR count). The molecule has 0 unspecified atom stereocenters. The summed E-state index contributed by atoms with van der Waals surface area (Å²) >= 11 is 0. The second kappa shape index (κ2) is 7.01. The molecule has 2 aromatic rings. The quantitative estimate of drug-likeness (QED) is 0.905. The number of phenolic OH excluding ortho intramolecular Hbond substituents is 1. The molecular formula is C19H22N2O3. The van der Waals surface area contributed by atoms with Gasteiger partial charge in [0.1, 0.15) is 5.75 Å². The Morgan fingerprint density at radius 1 is 1.25 bits per heavy atom. The van der Waals surface area contributed by atoms with Crippen molar-refractivity contribution in [1.82, 2.24) is 10.3 Å². The number of rotatable bonds is 4. The minimum absolute atomic E-state index is 0.0138. The fraction of sp³-hybridized carbons (Fsp3) is 0.368. The molecule has 1 saturated heterocycles. The monoisotopic (exact) mass is 326 g/mol. The van der Waals surface area contributed by atoms with Gasteiger partial charge in [0.2, 0.25) is 0 Å². The summed E-state index contributed by atoms with van der Waals surface area (Å²) in [7, 11) is 0. The highest BCUT2D eigenvalue weighted by Crippen LogP contribution is 2.24. The first-order valence-electron chi connectivity index (χ1n) is 8.12. The van der Waals surface area contributed by atoms with Gasteiger partial charge in [-0.05, 0) is 61.2 Å². The summed E-state index contributed by atoms with van der Waals surface area (Å²) in [6.45, 7) is 4.76. The molecule has 2 N–H and O–H groups in total. The third kappa shape index (κ3) is 3.57. The van der Waals surface area contributed by atoms with Gasteiger partial charge in [-0.15, -0.1) is 0 Å². The number of amides is 1. The van der Waals surface area contributed by atoms with Crippen LogP contribution in [0.25, 0.3) is 0 Å². The second-order valence-electron chi connectivity index (χ2n) is 6.40. The zero-order valence-electron chi connectivity index (χ0n) is 14.0. The first-order valence-corrected chi connectivity index (χ1v) is 8.12. The van der Waals surface area contributed by atoms with Crippen LogP contribution in [0.2, 0.25) is 0 Å². The summed E-state index contributed by atoms with van der Waals surface area (Å²) in [6.07, 6.45) is 4.41. The summed E-state index contributed by atoms with van der Waals surface area (Å²) in [5.41, 5.74) is 3.17. The van der Waals surface area contributed by atoms with E-state index >= 15 is 0 Å². The average Bonchev–Trinajstić information content (AvgIpc) is 3.00. The largest absolute Gasteiger partial charge is 0.507 e. The number of aryl methyl sites for hydroxylation is 2. The summed E-state index contributed by atoms with van der Waals surface area (Å²) in [5.74, 6) is 0.360. The van der Waals surface area contributed by atoms with Crippen molar-refractivity contribution in [3.63, 3.8) is 0 Å².